The molecule has 2 aromatic rings. The number of amides is 1. The topological polar surface area (TPSA) is 66.0 Å². The number of hydrogen-bond acceptors (Lipinski definition) is 4. The Hall–Kier alpha value is -2.77. The highest BCUT2D eigenvalue weighted by molar-refractivity contribution is 6.09. The predicted molar refractivity (Wildman–Crippen MR) is 122 cm³/mol. The second-order valence-electron chi connectivity index (χ2n) is 7.70. The van der Waals surface area contributed by atoms with Gasteiger partial charge in [0.25, 0.3) is 5.91 Å². The molecule has 1 saturated heterocycles. The summed E-state index contributed by atoms with van der Waals surface area (Å²) in [6.07, 6.45) is 1.08. The fraction of sp³-hybridized carbons (Fsp3) is 0.417. The molecule has 3 rings (SSSR count). The van der Waals surface area contributed by atoms with Crippen LogP contribution in [0, 0.1) is 5.82 Å². The first-order valence-electron chi connectivity index (χ1n) is 10.8. The molecule has 1 amide bonds. The van der Waals surface area contributed by atoms with Crippen LogP contribution >= 0.6 is 0 Å². The van der Waals surface area contributed by atoms with E-state index in [1.54, 1.807) is 0 Å². The maximum Gasteiger partial charge on any atom is 0.257 e. The molecule has 2 N–H and O–H groups in total. The third-order valence-electron chi connectivity index (χ3n) is 5.48. The van der Waals surface area contributed by atoms with Gasteiger partial charge in [0.2, 0.25) is 5.96 Å². The standard InChI is InChI=1S/C24H31FN4O2/c1-3-18(2)19-6-10-22(11-7-19)27-24(26-12-13-29-14-16-31-17-15-29)28-23(30)20-4-8-21(25)9-5-20/h4-11,18H,3,12-17H2,1-2H3,(H2,26,27,28,30). The second kappa shape index (κ2) is 11.6. The van der Waals surface area contributed by atoms with Crippen LogP contribution < -0.4 is 10.6 Å². The number of ether oxygens (including phenoxy) is 1. The number of guanidine groups is 1. The Morgan fingerprint density at radius 1 is 1.13 bits per heavy atom. The van der Waals surface area contributed by atoms with E-state index in [2.05, 4.69) is 46.5 Å². The molecule has 1 aliphatic rings. The highest BCUT2D eigenvalue weighted by Gasteiger charge is 2.12. The van der Waals surface area contributed by atoms with Gasteiger partial charge in [0.05, 0.1) is 19.8 Å². The molecule has 31 heavy (non-hydrogen) atoms. The molecule has 0 saturated carbocycles. The van der Waals surface area contributed by atoms with E-state index in [0.29, 0.717) is 24.0 Å². The highest BCUT2D eigenvalue weighted by atomic mass is 19.1. The van der Waals surface area contributed by atoms with Crippen molar-refractivity contribution in [3.63, 3.8) is 0 Å². The molecule has 166 valence electrons. The van der Waals surface area contributed by atoms with Crippen LogP contribution in [0.1, 0.15) is 42.1 Å². The molecule has 6 nitrogen and oxygen atoms in total. The number of anilines is 1. The number of morpholine rings is 1. The molecule has 7 heteroatoms. The molecule has 0 radical (unpaired) electrons. The summed E-state index contributed by atoms with van der Waals surface area (Å²) < 4.78 is 18.6. The average molecular weight is 427 g/mol. The minimum atomic E-state index is -0.379. The van der Waals surface area contributed by atoms with Gasteiger partial charge in [-0.1, -0.05) is 26.0 Å². The maximum absolute atomic E-state index is 13.2. The van der Waals surface area contributed by atoms with Crippen molar-refractivity contribution in [2.45, 2.75) is 26.2 Å². The number of carbonyl (C=O) groups excluding carboxylic acids is 1. The molecule has 0 bridgehead atoms. The Morgan fingerprint density at radius 2 is 1.81 bits per heavy atom. The molecule has 0 spiro atoms. The van der Waals surface area contributed by atoms with Gasteiger partial charge in [-0.2, -0.15) is 0 Å². The predicted octanol–water partition coefficient (Wildman–Crippen LogP) is 3.87. The van der Waals surface area contributed by atoms with E-state index in [1.165, 1.54) is 29.8 Å². The molecule has 0 aliphatic carbocycles. The van der Waals surface area contributed by atoms with Crippen LogP contribution in [-0.4, -0.2) is 56.2 Å². The number of rotatable bonds is 7. The lowest BCUT2D eigenvalue weighted by Gasteiger charge is -2.25. The molecule has 0 aromatic heterocycles. The van der Waals surface area contributed by atoms with Crippen LogP contribution in [0.2, 0.25) is 0 Å². The van der Waals surface area contributed by atoms with Gasteiger partial charge < -0.3 is 10.1 Å². The number of halogens is 1. The van der Waals surface area contributed by atoms with E-state index in [9.17, 15) is 9.18 Å². The van der Waals surface area contributed by atoms with Crippen molar-refractivity contribution >= 4 is 17.6 Å². The zero-order valence-electron chi connectivity index (χ0n) is 18.2. The minimum Gasteiger partial charge on any atom is -0.379 e. The number of aliphatic imine (C=N–C) groups is 1. The Balaban J connectivity index is 1.68. The van der Waals surface area contributed by atoms with Crippen LogP contribution in [0.25, 0.3) is 0 Å². The van der Waals surface area contributed by atoms with Gasteiger partial charge >= 0.3 is 0 Å². The monoisotopic (exact) mass is 426 g/mol. The van der Waals surface area contributed by atoms with Crippen molar-refractivity contribution < 1.29 is 13.9 Å². The molecule has 1 fully saturated rings. The van der Waals surface area contributed by atoms with Gasteiger partial charge in [-0.15, -0.1) is 0 Å². The quantitative estimate of drug-likeness (QED) is 0.521. The molecule has 2 aromatic carbocycles. The minimum absolute atomic E-state index is 0.339. The lowest BCUT2D eigenvalue weighted by molar-refractivity contribution is 0.0394. The largest absolute Gasteiger partial charge is 0.379 e. The summed E-state index contributed by atoms with van der Waals surface area (Å²) in [4.78, 5) is 19.5. The average Bonchev–Trinajstić information content (AvgIpc) is 2.80. The third kappa shape index (κ3) is 7.15. The summed E-state index contributed by atoms with van der Waals surface area (Å²) in [7, 11) is 0. The Bertz CT molecular complexity index is 862. The van der Waals surface area contributed by atoms with Crippen LogP contribution in [0.5, 0.6) is 0 Å². The third-order valence-corrected chi connectivity index (χ3v) is 5.48. The fourth-order valence-corrected chi connectivity index (χ4v) is 3.29. The number of nitrogens with zero attached hydrogens (tertiary/aromatic N) is 2. The molecule has 1 atom stereocenters. The van der Waals surface area contributed by atoms with Crippen LogP contribution in [-0.2, 0) is 4.74 Å². The zero-order chi connectivity index (χ0) is 22.1. The summed E-state index contributed by atoms with van der Waals surface area (Å²) in [6, 6.07) is 13.6. The highest BCUT2D eigenvalue weighted by Crippen LogP contribution is 2.20. The Morgan fingerprint density at radius 3 is 2.45 bits per heavy atom. The fourth-order valence-electron chi connectivity index (χ4n) is 3.29. The Labute approximate surface area is 183 Å². The number of benzene rings is 2. The van der Waals surface area contributed by atoms with Crippen molar-refractivity contribution in [1.29, 1.82) is 0 Å². The van der Waals surface area contributed by atoms with Crippen molar-refractivity contribution in [2.75, 3.05) is 44.7 Å². The van der Waals surface area contributed by atoms with E-state index >= 15 is 0 Å². The van der Waals surface area contributed by atoms with Crippen molar-refractivity contribution in [3.05, 3.63) is 65.5 Å². The van der Waals surface area contributed by atoms with E-state index < -0.39 is 0 Å². The van der Waals surface area contributed by atoms with Crippen LogP contribution in [0.3, 0.4) is 0 Å². The van der Waals surface area contributed by atoms with Crippen molar-refractivity contribution in [3.8, 4) is 0 Å². The summed E-state index contributed by atoms with van der Waals surface area (Å²) in [6.45, 7) is 8.93. The summed E-state index contributed by atoms with van der Waals surface area (Å²) in [5.74, 6) is 0.150. The van der Waals surface area contributed by atoms with E-state index in [-0.39, 0.29) is 11.7 Å². The lowest BCUT2D eigenvalue weighted by atomic mass is 9.99. The molecular weight excluding hydrogens is 395 g/mol. The second-order valence-corrected chi connectivity index (χ2v) is 7.70. The zero-order valence-corrected chi connectivity index (χ0v) is 18.2. The summed E-state index contributed by atoms with van der Waals surface area (Å²) >= 11 is 0. The number of nitrogens with one attached hydrogen (secondary N) is 2. The molecule has 1 aliphatic heterocycles. The molecule has 1 heterocycles. The number of carbonyl (C=O) groups is 1. The van der Waals surface area contributed by atoms with Gasteiger partial charge in [-0.25, -0.2) is 4.39 Å². The van der Waals surface area contributed by atoms with E-state index in [4.69, 9.17) is 4.74 Å². The van der Waals surface area contributed by atoms with Crippen molar-refractivity contribution in [2.24, 2.45) is 4.99 Å². The van der Waals surface area contributed by atoms with Crippen LogP contribution in [0.15, 0.2) is 53.5 Å². The van der Waals surface area contributed by atoms with Gasteiger partial charge in [0.1, 0.15) is 5.82 Å². The first kappa shape index (κ1) is 22.9. The van der Waals surface area contributed by atoms with Gasteiger partial charge in [-0.3, -0.25) is 20.0 Å². The van der Waals surface area contributed by atoms with E-state index in [1.807, 2.05) is 12.1 Å². The van der Waals surface area contributed by atoms with Gasteiger partial charge in [0, 0.05) is 30.9 Å². The first-order valence-corrected chi connectivity index (χ1v) is 10.8. The van der Waals surface area contributed by atoms with Crippen molar-refractivity contribution in [1.82, 2.24) is 10.2 Å². The van der Waals surface area contributed by atoms with Gasteiger partial charge in [-0.05, 0) is 54.3 Å². The molecule has 1 unspecified atom stereocenters. The first-order chi connectivity index (χ1) is 15.0. The van der Waals surface area contributed by atoms with Gasteiger partial charge in [0.15, 0.2) is 0 Å². The Kier molecular flexibility index (Phi) is 8.55. The summed E-state index contributed by atoms with van der Waals surface area (Å²) in [5, 5.41) is 6.04. The smallest absolute Gasteiger partial charge is 0.257 e. The summed E-state index contributed by atoms with van der Waals surface area (Å²) in [5.41, 5.74) is 2.49. The number of hydrogen-bond donors (Lipinski definition) is 2. The molecular formula is C24H31FN4O2. The lowest BCUT2D eigenvalue weighted by Crippen LogP contribution is -2.39. The SMILES string of the molecule is CCC(C)c1ccc(NC(=NCCN2CCOCC2)NC(=O)c2ccc(F)cc2)cc1. The van der Waals surface area contributed by atoms with E-state index in [0.717, 1.165) is 45.0 Å². The van der Waals surface area contributed by atoms with Crippen LogP contribution in [0.4, 0.5) is 10.1 Å². The maximum atomic E-state index is 13.2. The normalized spacial score (nSPS) is 16.0.